The molecule has 2 aromatic rings. The molecular weight excluding hydrogens is 286 g/mol. The predicted molar refractivity (Wildman–Crippen MR) is 84.2 cm³/mol. The van der Waals surface area contributed by atoms with Gasteiger partial charge in [-0.05, 0) is 12.5 Å². The van der Waals surface area contributed by atoms with Crippen LogP contribution in [0.4, 0.5) is 0 Å². The number of Topliss-reactive ketones (excluding diaryl/α,β-unsaturated/α-hetero) is 1. The summed E-state index contributed by atoms with van der Waals surface area (Å²) in [6.45, 7) is 3.69. The van der Waals surface area contributed by atoms with Crippen molar-refractivity contribution in [3.63, 3.8) is 0 Å². The maximum atomic E-state index is 12.5. The molecule has 1 aromatic heterocycles. The number of benzene rings is 1. The first-order valence-corrected chi connectivity index (χ1v) is 7.30. The van der Waals surface area contributed by atoms with Gasteiger partial charge in [0.05, 0.1) is 22.8 Å². The molecular formula is C16H20ClN3O. The van der Waals surface area contributed by atoms with E-state index in [2.05, 4.69) is 5.10 Å². The minimum atomic E-state index is -0.313. The van der Waals surface area contributed by atoms with E-state index < -0.39 is 0 Å². The second kappa shape index (κ2) is 6.41. The molecule has 0 saturated carbocycles. The van der Waals surface area contributed by atoms with Crippen molar-refractivity contribution < 1.29 is 4.79 Å². The summed E-state index contributed by atoms with van der Waals surface area (Å²) in [5.41, 5.74) is 8.64. The van der Waals surface area contributed by atoms with E-state index in [4.69, 9.17) is 17.3 Å². The minimum Gasteiger partial charge on any atom is -0.323 e. The van der Waals surface area contributed by atoms with Gasteiger partial charge in [-0.3, -0.25) is 9.48 Å². The van der Waals surface area contributed by atoms with E-state index in [1.165, 1.54) is 0 Å². The zero-order valence-corrected chi connectivity index (χ0v) is 13.3. The molecule has 0 fully saturated rings. The van der Waals surface area contributed by atoms with Crippen molar-refractivity contribution in [1.29, 1.82) is 0 Å². The molecule has 2 atom stereocenters. The normalized spacial score (nSPS) is 14.0. The van der Waals surface area contributed by atoms with Gasteiger partial charge in [-0.1, -0.05) is 48.9 Å². The van der Waals surface area contributed by atoms with Crippen LogP contribution in [0.3, 0.4) is 0 Å². The third-order valence-electron chi connectivity index (χ3n) is 3.83. The van der Waals surface area contributed by atoms with Gasteiger partial charge < -0.3 is 5.73 Å². The number of ketones is 1. The highest BCUT2D eigenvalue weighted by Gasteiger charge is 2.24. The number of hydrogen-bond donors (Lipinski definition) is 1. The minimum absolute atomic E-state index is 0.0660. The van der Waals surface area contributed by atoms with E-state index in [0.717, 1.165) is 17.0 Å². The Labute approximate surface area is 129 Å². The molecule has 112 valence electrons. The van der Waals surface area contributed by atoms with Crippen LogP contribution in [0.15, 0.2) is 30.3 Å². The largest absolute Gasteiger partial charge is 0.323 e. The molecule has 21 heavy (non-hydrogen) atoms. The number of aryl methyl sites for hydroxylation is 2. The van der Waals surface area contributed by atoms with Crippen LogP contribution in [0.25, 0.3) is 0 Å². The molecule has 2 N–H and O–H groups in total. The lowest BCUT2D eigenvalue weighted by atomic mass is 9.90. The van der Waals surface area contributed by atoms with Crippen molar-refractivity contribution in [2.75, 3.05) is 0 Å². The SMILES string of the molecule is Cc1nn(C)c(CC(=O)C(C)C(N)c2ccccc2)c1Cl. The molecule has 4 nitrogen and oxygen atoms in total. The number of hydrogen-bond acceptors (Lipinski definition) is 3. The number of aromatic nitrogens is 2. The highest BCUT2D eigenvalue weighted by molar-refractivity contribution is 6.32. The van der Waals surface area contributed by atoms with E-state index in [1.807, 2.05) is 44.2 Å². The third kappa shape index (κ3) is 3.34. The molecule has 1 aromatic carbocycles. The molecule has 0 saturated heterocycles. The fourth-order valence-electron chi connectivity index (χ4n) is 2.36. The van der Waals surface area contributed by atoms with Crippen LogP contribution < -0.4 is 5.73 Å². The second-order valence-corrected chi connectivity index (χ2v) is 5.72. The highest BCUT2D eigenvalue weighted by atomic mass is 35.5. The van der Waals surface area contributed by atoms with Crippen LogP contribution >= 0.6 is 11.6 Å². The van der Waals surface area contributed by atoms with Crippen molar-refractivity contribution in [2.45, 2.75) is 26.3 Å². The zero-order valence-electron chi connectivity index (χ0n) is 12.5. The average molecular weight is 306 g/mol. The third-order valence-corrected chi connectivity index (χ3v) is 4.33. The maximum absolute atomic E-state index is 12.5. The lowest BCUT2D eigenvalue weighted by Gasteiger charge is -2.19. The Morgan fingerprint density at radius 3 is 2.52 bits per heavy atom. The number of halogens is 1. The maximum Gasteiger partial charge on any atom is 0.143 e. The van der Waals surface area contributed by atoms with Crippen molar-refractivity contribution in [1.82, 2.24) is 9.78 Å². The van der Waals surface area contributed by atoms with Gasteiger partial charge in [-0.2, -0.15) is 5.10 Å². The first-order valence-electron chi connectivity index (χ1n) is 6.93. The molecule has 2 unspecified atom stereocenters. The number of carbonyl (C=O) groups is 1. The number of rotatable bonds is 5. The van der Waals surface area contributed by atoms with Crippen LogP contribution in [-0.4, -0.2) is 15.6 Å². The van der Waals surface area contributed by atoms with Gasteiger partial charge in [0.2, 0.25) is 0 Å². The molecule has 1 heterocycles. The summed E-state index contributed by atoms with van der Waals surface area (Å²) >= 11 is 6.19. The van der Waals surface area contributed by atoms with Crippen LogP contribution in [0.1, 0.15) is 29.9 Å². The Morgan fingerprint density at radius 2 is 2.00 bits per heavy atom. The smallest absolute Gasteiger partial charge is 0.143 e. The fraction of sp³-hybridized carbons (Fsp3) is 0.375. The average Bonchev–Trinajstić information content (AvgIpc) is 2.73. The Balaban J connectivity index is 2.13. The predicted octanol–water partition coefficient (Wildman–Crippen LogP) is 2.83. The summed E-state index contributed by atoms with van der Waals surface area (Å²) in [7, 11) is 1.79. The molecule has 0 aliphatic carbocycles. The van der Waals surface area contributed by atoms with Crippen molar-refractivity contribution in [2.24, 2.45) is 18.7 Å². The van der Waals surface area contributed by atoms with Crippen LogP contribution in [-0.2, 0) is 18.3 Å². The van der Waals surface area contributed by atoms with E-state index in [1.54, 1.807) is 11.7 Å². The number of carbonyl (C=O) groups excluding carboxylic acids is 1. The Hall–Kier alpha value is -1.65. The van der Waals surface area contributed by atoms with Crippen molar-refractivity contribution in [3.8, 4) is 0 Å². The van der Waals surface area contributed by atoms with E-state index in [0.29, 0.717) is 5.02 Å². The van der Waals surface area contributed by atoms with E-state index in [9.17, 15) is 4.79 Å². The fourth-order valence-corrected chi connectivity index (χ4v) is 2.59. The van der Waals surface area contributed by atoms with E-state index in [-0.39, 0.29) is 24.2 Å². The topological polar surface area (TPSA) is 60.9 Å². The molecule has 0 bridgehead atoms. The Morgan fingerprint density at radius 1 is 1.38 bits per heavy atom. The Kier molecular flexibility index (Phi) is 4.80. The summed E-state index contributed by atoms with van der Waals surface area (Å²) in [4.78, 5) is 12.5. The summed E-state index contributed by atoms with van der Waals surface area (Å²) in [6.07, 6.45) is 0.248. The Bertz CT molecular complexity index is 636. The van der Waals surface area contributed by atoms with Crippen molar-refractivity contribution in [3.05, 3.63) is 52.3 Å². The molecule has 0 aliphatic rings. The first-order chi connectivity index (χ1) is 9.91. The molecule has 0 aliphatic heterocycles. The molecule has 5 heteroatoms. The molecule has 2 rings (SSSR count). The van der Waals surface area contributed by atoms with Crippen LogP contribution in [0.2, 0.25) is 5.02 Å². The van der Waals surface area contributed by atoms with E-state index >= 15 is 0 Å². The van der Waals surface area contributed by atoms with Crippen LogP contribution in [0.5, 0.6) is 0 Å². The summed E-state index contributed by atoms with van der Waals surface area (Å²) in [5.74, 6) is -0.213. The van der Waals surface area contributed by atoms with Gasteiger partial charge >= 0.3 is 0 Å². The van der Waals surface area contributed by atoms with Gasteiger partial charge in [0.25, 0.3) is 0 Å². The lowest BCUT2D eigenvalue weighted by Crippen LogP contribution is -2.27. The second-order valence-electron chi connectivity index (χ2n) is 5.34. The number of nitrogens with two attached hydrogens (primary N) is 1. The van der Waals surface area contributed by atoms with Gasteiger partial charge in [0.15, 0.2) is 0 Å². The standard InChI is InChI=1S/C16H20ClN3O/c1-10(16(18)12-7-5-4-6-8-12)14(21)9-13-15(17)11(2)19-20(13)3/h4-8,10,16H,9,18H2,1-3H3. The molecule has 0 radical (unpaired) electrons. The number of nitrogens with zero attached hydrogens (tertiary/aromatic N) is 2. The zero-order chi connectivity index (χ0) is 15.6. The highest BCUT2D eigenvalue weighted by Crippen LogP contribution is 2.24. The quantitative estimate of drug-likeness (QED) is 0.924. The lowest BCUT2D eigenvalue weighted by molar-refractivity contribution is -0.122. The monoisotopic (exact) mass is 305 g/mol. The summed E-state index contributed by atoms with van der Waals surface area (Å²) in [6, 6.07) is 9.35. The van der Waals surface area contributed by atoms with Gasteiger partial charge in [0, 0.05) is 19.0 Å². The van der Waals surface area contributed by atoms with Crippen molar-refractivity contribution >= 4 is 17.4 Å². The molecule has 0 amide bonds. The summed E-state index contributed by atoms with van der Waals surface area (Å²) in [5, 5.41) is 4.79. The van der Waals surface area contributed by atoms with Gasteiger partial charge in [0.1, 0.15) is 5.78 Å². The van der Waals surface area contributed by atoms with Crippen LogP contribution in [0, 0.1) is 12.8 Å². The van der Waals surface area contributed by atoms with Gasteiger partial charge in [-0.25, -0.2) is 0 Å². The van der Waals surface area contributed by atoms with Gasteiger partial charge in [-0.15, -0.1) is 0 Å². The first kappa shape index (κ1) is 15.7. The summed E-state index contributed by atoms with van der Waals surface area (Å²) < 4.78 is 1.66. The molecule has 0 spiro atoms.